The van der Waals surface area contributed by atoms with Crippen molar-refractivity contribution in [3.63, 3.8) is 0 Å². The Balaban J connectivity index is 1.74. The van der Waals surface area contributed by atoms with E-state index in [9.17, 15) is 0 Å². The Kier molecular flexibility index (Phi) is 4.23. The van der Waals surface area contributed by atoms with Gasteiger partial charge in [-0.3, -0.25) is 4.98 Å². The third-order valence-electron chi connectivity index (χ3n) is 4.89. The van der Waals surface area contributed by atoms with E-state index in [1.165, 1.54) is 0 Å². The summed E-state index contributed by atoms with van der Waals surface area (Å²) < 4.78 is 0. The van der Waals surface area contributed by atoms with E-state index in [0.717, 1.165) is 44.1 Å². The highest BCUT2D eigenvalue weighted by atomic mass is 35.5. The fraction of sp³-hybridized carbons (Fsp3) is 0. The first-order valence-corrected chi connectivity index (χ1v) is 9.66. The molecule has 0 aliphatic heterocycles. The van der Waals surface area contributed by atoms with Gasteiger partial charge in [0.25, 0.3) is 0 Å². The minimum Gasteiger partial charge on any atom is -0.256 e. The number of aromatic nitrogens is 2. The standard InChI is InChI=1S/C24H14Cl2N2/c25-21-14-23(26)28-24-18-6-2-1-5-17(18)19(13-20(21)24)15-8-10-16(11-9-15)22-7-3-4-12-27-22/h1-14H. The normalized spacial score (nSPS) is 11.2. The van der Waals surface area contributed by atoms with Crippen LogP contribution < -0.4 is 0 Å². The molecule has 0 fully saturated rings. The number of hydrogen-bond acceptors (Lipinski definition) is 2. The highest BCUT2D eigenvalue weighted by molar-refractivity contribution is 6.39. The molecule has 0 aliphatic rings. The second kappa shape index (κ2) is 6.90. The maximum Gasteiger partial charge on any atom is 0.131 e. The number of benzene rings is 3. The molecule has 0 N–H and O–H groups in total. The molecule has 0 aliphatic carbocycles. The van der Waals surface area contributed by atoms with E-state index in [4.69, 9.17) is 23.2 Å². The van der Waals surface area contributed by atoms with Gasteiger partial charge in [0.1, 0.15) is 5.15 Å². The molecule has 4 heteroatoms. The Morgan fingerprint density at radius 1 is 0.643 bits per heavy atom. The third-order valence-corrected chi connectivity index (χ3v) is 5.40. The smallest absolute Gasteiger partial charge is 0.131 e. The number of rotatable bonds is 2. The topological polar surface area (TPSA) is 25.8 Å². The van der Waals surface area contributed by atoms with Crippen LogP contribution in [-0.2, 0) is 0 Å². The first-order chi connectivity index (χ1) is 13.7. The molecule has 2 aromatic heterocycles. The average Bonchev–Trinajstić information content (AvgIpc) is 2.74. The molecule has 0 bridgehead atoms. The summed E-state index contributed by atoms with van der Waals surface area (Å²) in [5, 5.41) is 4.05. The van der Waals surface area contributed by atoms with E-state index < -0.39 is 0 Å². The van der Waals surface area contributed by atoms with E-state index in [2.05, 4.69) is 52.4 Å². The Bertz CT molecular complexity index is 1310. The van der Waals surface area contributed by atoms with Gasteiger partial charge in [-0.1, -0.05) is 77.8 Å². The van der Waals surface area contributed by atoms with Crippen molar-refractivity contribution in [2.75, 3.05) is 0 Å². The molecular formula is C24H14Cl2N2. The Morgan fingerprint density at radius 3 is 2.11 bits per heavy atom. The first kappa shape index (κ1) is 17.2. The quantitative estimate of drug-likeness (QED) is 0.227. The van der Waals surface area contributed by atoms with Crippen molar-refractivity contribution in [1.82, 2.24) is 9.97 Å². The number of halogens is 2. The van der Waals surface area contributed by atoms with Gasteiger partial charge < -0.3 is 0 Å². The minimum atomic E-state index is 0.398. The number of nitrogens with zero attached hydrogens (tertiary/aromatic N) is 2. The van der Waals surface area contributed by atoms with E-state index in [-0.39, 0.29) is 0 Å². The lowest BCUT2D eigenvalue weighted by molar-refractivity contribution is 1.33. The summed E-state index contributed by atoms with van der Waals surface area (Å²) in [6.07, 6.45) is 1.81. The maximum absolute atomic E-state index is 6.49. The van der Waals surface area contributed by atoms with Crippen molar-refractivity contribution >= 4 is 44.9 Å². The van der Waals surface area contributed by atoms with Crippen molar-refractivity contribution in [1.29, 1.82) is 0 Å². The zero-order valence-corrected chi connectivity index (χ0v) is 16.2. The summed E-state index contributed by atoms with van der Waals surface area (Å²) >= 11 is 12.6. The molecule has 0 saturated heterocycles. The third kappa shape index (κ3) is 2.91. The second-order valence-electron chi connectivity index (χ2n) is 6.59. The molecule has 28 heavy (non-hydrogen) atoms. The number of hydrogen-bond donors (Lipinski definition) is 0. The van der Waals surface area contributed by atoms with Crippen LogP contribution in [0.5, 0.6) is 0 Å². The average molecular weight is 401 g/mol. The van der Waals surface area contributed by atoms with Crippen molar-refractivity contribution in [2.45, 2.75) is 0 Å². The van der Waals surface area contributed by atoms with E-state index in [0.29, 0.717) is 10.2 Å². The predicted molar refractivity (Wildman–Crippen MR) is 118 cm³/mol. The SMILES string of the molecule is Clc1cc(Cl)c2cc(-c3ccc(-c4ccccn4)cc3)c3ccccc3c2n1. The van der Waals surface area contributed by atoms with Gasteiger partial charge >= 0.3 is 0 Å². The van der Waals surface area contributed by atoms with Gasteiger partial charge in [0.05, 0.1) is 16.2 Å². The number of fused-ring (bicyclic) bond motifs is 3. The van der Waals surface area contributed by atoms with Crippen LogP contribution >= 0.6 is 23.2 Å². The highest BCUT2D eigenvalue weighted by Gasteiger charge is 2.12. The van der Waals surface area contributed by atoms with Crippen LogP contribution in [0.3, 0.4) is 0 Å². The van der Waals surface area contributed by atoms with E-state index in [1.54, 1.807) is 12.3 Å². The molecule has 0 unspecified atom stereocenters. The van der Waals surface area contributed by atoms with Gasteiger partial charge in [-0.2, -0.15) is 0 Å². The van der Waals surface area contributed by atoms with Crippen LogP contribution in [0.1, 0.15) is 0 Å². The molecule has 0 atom stereocenters. The van der Waals surface area contributed by atoms with Crippen molar-refractivity contribution in [2.24, 2.45) is 0 Å². The number of pyridine rings is 2. The van der Waals surface area contributed by atoms with E-state index in [1.807, 2.05) is 30.3 Å². The van der Waals surface area contributed by atoms with Gasteiger partial charge in [-0.25, -0.2) is 4.98 Å². The van der Waals surface area contributed by atoms with Crippen molar-refractivity contribution < 1.29 is 0 Å². The van der Waals surface area contributed by atoms with Crippen LogP contribution in [0.2, 0.25) is 10.2 Å². The highest BCUT2D eigenvalue weighted by Crippen LogP contribution is 2.38. The fourth-order valence-electron chi connectivity index (χ4n) is 3.58. The lowest BCUT2D eigenvalue weighted by Crippen LogP contribution is -1.89. The van der Waals surface area contributed by atoms with Crippen LogP contribution in [0.25, 0.3) is 44.1 Å². The monoisotopic (exact) mass is 400 g/mol. The summed E-state index contributed by atoms with van der Waals surface area (Å²) in [5.41, 5.74) is 5.09. The van der Waals surface area contributed by atoms with Crippen molar-refractivity contribution in [3.05, 3.63) is 95.2 Å². The lowest BCUT2D eigenvalue weighted by Gasteiger charge is -2.12. The van der Waals surface area contributed by atoms with Gasteiger partial charge in [0, 0.05) is 22.5 Å². The van der Waals surface area contributed by atoms with Crippen LogP contribution in [0.4, 0.5) is 0 Å². The van der Waals surface area contributed by atoms with Crippen LogP contribution in [-0.4, -0.2) is 9.97 Å². The van der Waals surface area contributed by atoms with Crippen LogP contribution in [0.15, 0.2) is 85.1 Å². The molecule has 134 valence electrons. The maximum atomic E-state index is 6.49. The summed E-state index contributed by atoms with van der Waals surface area (Å²) in [7, 11) is 0. The molecule has 2 heterocycles. The summed E-state index contributed by atoms with van der Waals surface area (Å²) in [4.78, 5) is 8.95. The van der Waals surface area contributed by atoms with Gasteiger partial charge in [-0.15, -0.1) is 0 Å². The summed E-state index contributed by atoms with van der Waals surface area (Å²) in [6.45, 7) is 0. The zero-order valence-electron chi connectivity index (χ0n) is 14.7. The van der Waals surface area contributed by atoms with E-state index >= 15 is 0 Å². The zero-order chi connectivity index (χ0) is 19.1. The molecule has 3 aromatic carbocycles. The molecule has 0 amide bonds. The van der Waals surface area contributed by atoms with Gasteiger partial charge in [-0.05, 0) is 40.8 Å². The summed E-state index contributed by atoms with van der Waals surface area (Å²) in [6, 6.07) is 26.3. The molecule has 0 radical (unpaired) electrons. The molecular weight excluding hydrogens is 387 g/mol. The molecule has 5 aromatic rings. The lowest BCUT2D eigenvalue weighted by atomic mass is 9.94. The molecule has 0 saturated carbocycles. The Labute approximate surface area is 172 Å². The van der Waals surface area contributed by atoms with Crippen LogP contribution in [0, 0.1) is 0 Å². The first-order valence-electron chi connectivity index (χ1n) is 8.90. The fourth-order valence-corrected chi connectivity index (χ4v) is 4.07. The molecule has 0 spiro atoms. The molecule has 5 rings (SSSR count). The Hall–Kier alpha value is -2.94. The minimum absolute atomic E-state index is 0.398. The largest absolute Gasteiger partial charge is 0.256 e. The summed E-state index contributed by atoms with van der Waals surface area (Å²) in [5.74, 6) is 0. The Morgan fingerprint density at radius 2 is 1.36 bits per heavy atom. The molecule has 2 nitrogen and oxygen atoms in total. The van der Waals surface area contributed by atoms with Gasteiger partial charge in [0.15, 0.2) is 0 Å². The predicted octanol–water partition coefficient (Wildman–Crippen LogP) is 7.42. The second-order valence-corrected chi connectivity index (χ2v) is 7.38. The van der Waals surface area contributed by atoms with Crippen molar-refractivity contribution in [3.8, 4) is 22.4 Å². The van der Waals surface area contributed by atoms with Gasteiger partial charge in [0.2, 0.25) is 0 Å².